The minimum absolute atomic E-state index is 0.696. The van der Waals surface area contributed by atoms with Crippen LogP contribution in [0.3, 0.4) is 0 Å². The lowest BCUT2D eigenvalue weighted by Crippen LogP contribution is -2.00. The molecule has 2 nitrogen and oxygen atoms in total. The van der Waals surface area contributed by atoms with Crippen molar-refractivity contribution < 1.29 is 9.09 Å². The summed E-state index contributed by atoms with van der Waals surface area (Å²) in [5.41, 5.74) is 2.62. The number of allylic oxidation sites excluding steroid dienone is 3. The third-order valence-corrected chi connectivity index (χ3v) is 6.23. The Kier molecular flexibility index (Phi) is 3.98. The zero-order valence-corrected chi connectivity index (χ0v) is 13.3. The third kappa shape index (κ3) is 2.52. The fraction of sp³-hybridized carbons (Fsp3) is 0.0526. The monoisotopic (exact) mass is 308 g/mol. The average molecular weight is 308 g/mol. The van der Waals surface area contributed by atoms with Crippen molar-refractivity contribution in [3.05, 3.63) is 96.1 Å². The van der Waals surface area contributed by atoms with Crippen LogP contribution < -0.4 is 0 Å². The quantitative estimate of drug-likeness (QED) is 0.694. The van der Waals surface area contributed by atoms with Gasteiger partial charge in [-0.2, -0.15) is 0 Å². The first-order valence-corrected chi connectivity index (χ1v) is 8.67. The molecule has 0 N–H and O–H groups in total. The molecule has 0 amide bonds. The molecule has 1 heterocycles. The van der Waals surface area contributed by atoms with Crippen molar-refractivity contribution in [3.63, 3.8) is 0 Å². The summed E-state index contributed by atoms with van der Waals surface area (Å²) in [7, 11) is -1.63. The lowest BCUT2D eigenvalue weighted by molar-refractivity contribution is 0.413. The van der Waals surface area contributed by atoms with Gasteiger partial charge in [0.15, 0.2) is 0 Å². The Bertz CT molecular complexity index is 738. The van der Waals surface area contributed by atoms with E-state index in [2.05, 4.69) is 6.58 Å². The summed E-state index contributed by atoms with van der Waals surface area (Å²) in [6, 6.07) is 19.4. The molecular formula is C19H17O2P. The first-order chi connectivity index (χ1) is 10.6. The van der Waals surface area contributed by atoms with Crippen LogP contribution in [0.15, 0.2) is 85.0 Å². The van der Waals surface area contributed by atoms with Crippen LogP contribution in [-0.2, 0) is 9.09 Å². The third-order valence-electron chi connectivity index (χ3n) is 3.67. The van der Waals surface area contributed by atoms with Gasteiger partial charge in [0.25, 0.3) is 7.37 Å². The molecule has 0 aliphatic carbocycles. The van der Waals surface area contributed by atoms with Gasteiger partial charge < -0.3 is 4.52 Å². The van der Waals surface area contributed by atoms with Crippen molar-refractivity contribution in [2.45, 2.75) is 0 Å². The van der Waals surface area contributed by atoms with Crippen LogP contribution in [0, 0.1) is 0 Å². The van der Waals surface area contributed by atoms with E-state index in [4.69, 9.17) is 4.52 Å². The molecule has 0 aromatic heterocycles. The molecule has 3 rings (SSSR count). The first kappa shape index (κ1) is 14.8. The summed E-state index contributed by atoms with van der Waals surface area (Å²) in [6.07, 6.45) is 3.71. The number of benzene rings is 2. The first-order valence-electron chi connectivity index (χ1n) is 7.05. The predicted octanol–water partition coefficient (Wildman–Crippen LogP) is 5.56. The zero-order chi connectivity index (χ0) is 15.6. The molecule has 0 atom stereocenters. The van der Waals surface area contributed by atoms with Crippen molar-refractivity contribution in [3.8, 4) is 0 Å². The van der Waals surface area contributed by atoms with Gasteiger partial charge in [-0.25, -0.2) is 0 Å². The van der Waals surface area contributed by atoms with Crippen molar-refractivity contribution in [2.75, 3.05) is 7.11 Å². The summed E-state index contributed by atoms with van der Waals surface area (Å²) < 4.78 is 19.1. The molecular weight excluding hydrogens is 291 g/mol. The van der Waals surface area contributed by atoms with E-state index in [1.54, 1.807) is 0 Å². The van der Waals surface area contributed by atoms with E-state index in [1.165, 1.54) is 7.11 Å². The standard InChI is InChI=1S/C19H17O2P/c1-15-13-18(16-9-5-3-6-10-16)22(20,21-2)19(14-15)17-11-7-4-8-12-17/h3-14H,1H2,2H3. The molecule has 0 unspecified atom stereocenters. The van der Waals surface area contributed by atoms with Crippen molar-refractivity contribution in [1.82, 2.24) is 0 Å². The summed E-state index contributed by atoms with van der Waals surface area (Å²) in [5, 5.41) is 1.39. The van der Waals surface area contributed by atoms with E-state index in [0.29, 0.717) is 10.6 Å². The van der Waals surface area contributed by atoms with E-state index < -0.39 is 7.37 Å². The topological polar surface area (TPSA) is 26.3 Å². The van der Waals surface area contributed by atoms with Crippen molar-refractivity contribution in [1.29, 1.82) is 0 Å². The van der Waals surface area contributed by atoms with Gasteiger partial charge in [0.1, 0.15) is 0 Å². The van der Waals surface area contributed by atoms with Crippen LogP contribution in [0.2, 0.25) is 0 Å². The summed E-state index contributed by atoms with van der Waals surface area (Å²) in [4.78, 5) is 0. The molecule has 1 aliphatic rings. The Morgan fingerprint density at radius 2 is 1.23 bits per heavy atom. The van der Waals surface area contributed by atoms with Gasteiger partial charge in [-0.1, -0.05) is 67.2 Å². The van der Waals surface area contributed by atoms with Gasteiger partial charge >= 0.3 is 0 Å². The molecule has 22 heavy (non-hydrogen) atoms. The molecule has 110 valence electrons. The molecule has 3 heteroatoms. The summed E-state index contributed by atoms with van der Waals surface area (Å²) >= 11 is 0. The second-order valence-corrected chi connectivity index (χ2v) is 7.53. The van der Waals surface area contributed by atoms with Gasteiger partial charge in [-0.05, 0) is 28.9 Å². The van der Waals surface area contributed by atoms with E-state index in [0.717, 1.165) is 16.7 Å². The van der Waals surface area contributed by atoms with E-state index in [-0.39, 0.29) is 0 Å². The Labute approximate surface area is 130 Å². The van der Waals surface area contributed by atoms with Crippen molar-refractivity contribution in [2.24, 2.45) is 0 Å². The Morgan fingerprint density at radius 3 is 1.59 bits per heavy atom. The molecule has 0 saturated carbocycles. The van der Waals surface area contributed by atoms with Crippen LogP contribution in [0.5, 0.6) is 0 Å². The van der Waals surface area contributed by atoms with Crippen LogP contribution >= 0.6 is 7.37 Å². The van der Waals surface area contributed by atoms with Crippen molar-refractivity contribution >= 4 is 18.0 Å². The molecule has 0 fully saturated rings. The van der Waals surface area contributed by atoms with E-state index in [1.807, 2.05) is 72.8 Å². The molecule has 2 aromatic carbocycles. The maximum Gasteiger partial charge on any atom is 0.262 e. The average Bonchev–Trinajstić information content (AvgIpc) is 2.58. The van der Waals surface area contributed by atoms with Crippen LogP contribution in [-0.4, -0.2) is 7.11 Å². The number of hydrogen-bond acceptors (Lipinski definition) is 2. The second-order valence-electron chi connectivity index (χ2n) is 5.10. The highest BCUT2D eigenvalue weighted by Gasteiger charge is 2.36. The van der Waals surface area contributed by atoms with Crippen LogP contribution in [0.4, 0.5) is 0 Å². The summed E-state index contributed by atoms with van der Waals surface area (Å²) in [6.45, 7) is 4.04. The minimum Gasteiger partial charge on any atom is -0.325 e. The predicted molar refractivity (Wildman–Crippen MR) is 92.6 cm³/mol. The zero-order valence-electron chi connectivity index (χ0n) is 12.4. The van der Waals surface area contributed by atoms with Gasteiger partial charge in [-0.15, -0.1) is 0 Å². The van der Waals surface area contributed by atoms with Crippen LogP contribution in [0.1, 0.15) is 11.1 Å². The maximum absolute atomic E-state index is 13.6. The highest BCUT2D eigenvalue weighted by atomic mass is 31.2. The van der Waals surface area contributed by atoms with Crippen LogP contribution in [0.25, 0.3) is 10.6 Å². The minimum atomic E-state index is -3.13. The largest absolute Gasteiger partial charge is 0.325 e. The highest BCUT2D eigenvalue weighted by Crippen LogP contribution is 2.70. The lowest BCUT2D eigenvalue weighted by Gasteiger charge is -2.26. The molecule has 0 bridgehead atoms. The normalized spacial score (nSPS) is 16.9. The number of rotatable bonds is 3. The fourth-order valence-electron chi connectivity index (χ4n) is 2.61. The molecule has 1 aliphatic heterocycles. The lowest BCUT2D eigenvalue weighted by atomic mass is 10.1. The Hall–Kier alpha value is -2.15. The fourth-order valence-corrected chi connectivity index (χ4v) is 4.92. The molecule has 0 spiro atoms. The van der Waals surface area contributed by atoms with Gasteiger partial charge in [-0.3, -0.25) is 4.57 Å². The van der Waals surface area contributed by atoms with Gasteiger partial charge in [0.2, 0.25) is 0 Å². The molecule has 0 radical (unpaired) electrons. The van der Waals surface area contributed by atoms with Gasteiger partial charge in [0.05, 0.1) is 0 Å². The smallest absolute Gasteiger partial charge is 0.262 e. The van der Waals surface area contributed by atoms with E-state index in [9.17, 15) is 4.57 Å². The highest BCUT2D eigenvalue weighted by molar-refractivity contribution is 7.79. The summed E-state index contributed by atoms with van der Waals surface area (Å²) in [5.74, 6) is 0. The van der Waals surface area contributed by atoms with E-state index >= 15 is 0 Å². The Balaban J connectivity index is 2.18. The second kappa shape index (κ2) is 5.92. The molecule has 2 aromatic rings. The maximum atomic E-state index is 13.6. The molecule has 0 saturated heterocycles. The number of hydrogen-bond donors (Lipinski definition) is 0. The Morgan fingerprint density at radius 1 is 0.818 bits per heavy atom. The van der Waals surface area contributed by atoms with Gasteiger partial charge in [0, 0.05) is 17.7 Å². The SMILES string of the molecule is C=C1C=C(c2ccccc2)P(=O)(OC)C(c2ccccc2)=C1.